The second kappa shape index (κ2) is 7.27. The van der Waals surface area contributed by atoms with Crippen LogP contribution in [0.4, 0.5) is 5.00 Å². The van der Waals surface area contributed by atoms with E-state index in [1.54, 1.807) is 47.8 Å². The standard InChI is InChI=1S/C18H11Cl2NO3S/c19-12-6-4-10(5-7-12)14-9-25-17(15(14)18(23)24)21-16(22)11-2-1-3-13(20)8-11/h1-9H,(H,21,22)(H,23,24). The Labute approximate surface area is 157 Å². The van der Waals surface area contributed by atoms with E-state index in [0.29, 0.717) is 26.7 Å². The molecule has 0 aliphatic rings. The molecule has 2 N–H and O–H groups in total. The van der Waals surface area contributed by atoms with E-state index in [4.69, 9.17) is 23.2 Å². The van der Waals surface area contributed by atoms with E-state index < -0.39 is 11.9 Å². The van der Waals surface area contributed by atoms with Crippen LogP contribution in [0.2, 0.25) is 10.0 Å². The second-order valence-electron chi connectivity index (χ2n) is 5.13. The van der Waals surface area contributed by atoms with E-state index in [1.165, 1.54) is 6.07 Å². The van der Waals surface area contributed by atoms with Gasteiger partial charge < -0.3 is 10.4 Å². The Hall–Kier alpha value is -2.34. The third-order valence-electron chi connectivity index (χ3n) is 3.47. The fourth-order valence-corrected chi connectivity index (χ4v) is 3.58. The van der Waals surface area contributed by atoms with Crippen LogP contribution in [-0.4, -0.2) is 17.0 Å². The second-order valence-corrected chi connectivity index (χ2v) is 6.88. The minimum atomic E-state index is -1.12. The summed E-state index contributed by atoms with van der Waals surface area (Å²) in [4.78, 5) is 24.1. The third-order valence-corrected chi connectivity index (χ3v) is 4.86. The first kappa shape index (κ1) is 17.5. The monoisotopic (exact) mass is 391 g/mol. The van der Waals surface area contributed by atoms with Crippen molar-refractivity contribution in [3.8, 4) is 11.1 Å². The predicted octanol–water partition coefficient (Wildman–Crippen LogP) is 5.67. The maximum atomic E-state index is 12.4. The average molecular weight is 392 g/mol. The zero-order valence-corrected chi connectivity index (χ0v) is 15.0. The number of hydrogen-bond donors (Lipinski definition) is 2. The van der Waals surface area contributed by atoms with Crippen molar-refractivity contribution in [2.45, 2.75) is 0 Å². The molecule has 0 fully saturated rings. The fraction of sp³-hybridized carbons (Fsp3) is 0. The van der Waals surface area contributed by atoms with Gasteiger partial charge in [0, 0.05) is 26.6 Å². The van der Waals surface area contributed by atoms with E-state index in [1.807, 2.05) is 0 Å². The number of thiophene rings is 1. The largest absolute Gasteiger partial charge is 0.478 e. The summed E-state index contributed by atoms with van der Waals surface area (Å²) in [6.45, 7) is 0. The number of hydrogen-bond acceptors (Lipinski definition) is 3. The van der Waals surface area contributed by atoms with Gasteiger partial charge in [-0.25, -0.2) is 4.79 Å². The molecule has 0 atom stereocenters. The average Bonchev–Trinajstić information content (AvgIpc) is 2.99. The van der Waals surface area contributed by atoms with Crippen molar-refractivity contribution in [1.29, 1.82) is 0 Å². The van der Waals surface area contributed by atoms with Crippen molar-refractivity contribution in [2.75, 3.05) is 5.32 Å². The molecule has 0 saturated heterocycles. The molecule has 0 aliphatic carbocycles. The molecule has 126 valence electrons. The molecule has 2 aromatic carbocycles. The minimum Gasteiger partial charge on any atom is -0.478 e. The summed E-state index contributed by atoms with van der Waals surface area (Å²) in [5, 5.41) is 15.2. The molecule has 1 heterocycles. The van der Waals surface area contributed by atoms with Gasteiger partial charge in [-0.05, 0) is 35.9 Å². The molecule has 0 unspecified atom stereocenters. The number of carboxylic acids is 1. The van der Waals surface area contributed by atoms with Gasteiger partial charge in [0.15, 0.2) is 0 Å². The molecule has 7 heteroatoms. The van der Waals surface area contributed by atoms with Crippen LogP contribution < -0.4 is 5.32 Å². The SMILES string of the molecule is O=C(Nc1scc(-c2ccc(Cl)cc2)c1C(=O)O)c1cccc(Cl)c1. The van der Waals surface area contributed by atoms with Crippen LogP contribution >= 0.6 is 34.5 Å². The first-order valence-corrected chi connectivity index (χ1v) is 8.77. The van der Waals surface area contributed by atoms with Crippen molar-refractivity contribution in [2.24, 2.45) is 0 Å². The van der Waals surface area contributed by atoms with Crippen LogP contribution in [0.15, 0.2) is 53.9 Å². The quantitative estimate of drug-likeness (QED) is 0.601. The molecule has 0 aliphatic heterocycles. The minimum absolute atomic E-state index is 0.0442. The smallest absolute Gasteiger partial charge is 0.339 e. The lowest BCUT2D eigenvalue weighted by Crippen LogP contribution is -2.13. The summed E-state index contributed by atoms with van der Waals surface area (Å²) >= 11 is 12.9. The summed E-state index contributed by atoms with van der Waals surface area (Å²) in [6, 6.07) is 13.3. The highest BCUT2D eigenvalue weighted by Gasteiger charge is 2.21. The highest BCUT2D eigenvalue weighted by atomic mass is 35.5. The summed E-state index contributed by atoms with van der Waals surface area (Å²) in [5.74, 6) is -1.54. The zero-order chi connectivity index (χ0) is 18.0. The molecule has 1 amide bonds. The van der Waals surface area contributed by atoms with Gasteiger partial charge in [-0.15, -0.1) is 11.3 Å². The maximum absolute atomic E-state index is 12.4. The van der Waals surface area contributed by atoms with Crippen LogP contribution in [-0.2, 0) is 0 Å². The molecule has 0 bridgehead atoms. The van der Waals surface area contributed by atoms with Gasteiger partial charge in [-0.2, -0.15) is 0 Å². The molecule has 0 spiro atoms. The molecule has 0 saturated carbocycles. The normalized spacial score (nSPS) is 10.5. The Morgan fingerprint density at radius 3 is 2.36 bits per heavy atom. The molecule has 3 rings (SSSR count). The number of carboxylic acid groups (broad SMARTS) is 1. The lowest BCUT2D eigenvalue weighted by molar-refractivity contribution is 0.0699. The van der Waals surface area contributed by atoms with Crippen LogP contribution in [0.1, 0.15) is 20.7 Å². The highest BCUT2D eigenvalue weighted by molar-refractivity contribution is 7.15. The topological polar surface area (TPSA) is 66.4 Å². The van der Waals surface area contributed by atoms with Crippen molar-refractivity contribution < 1.29 is 14.7 Å². The molecular formula is C18H11Cl2NO3S. The number of carbonyl (C=O) groups excluding carboxylic acids is 1. The predicted molar refractivity (Wildman–Crippen MR) is 101 cm³/mol. The summed E-state index contributed by atoms with van der Waals surface area (Å²) in [7, 11) is 0. The van der Waals surface area contributed by atoms with Crippen molar-refractivity contribution >= 4 is 51.4 Å². The molecule has 0 radical (unpaired) electrons. The Balaban J connectivity index is 1.96. The van der Waals surface area contributed by atoms with Gasteiger partial charge in [0.25, 0.3) is 5.91 Å². The number of nitrogens with one attached hydrogen (secondary N) is 1. The summed E-state index contributed by atoms with van der Waals surface area (Å²) in [6.07, 6.45) is 0. The Kier molecular flexibility index (Phi) is 5.08. The van der Waals surface area contributed by atoms with Crippen molar-refractivity contribution in [1.82, 2.24) is 0 Å². The van der Waals surface area contributed by atoms with Gasteiger partial charge in [0.05, 0.1) is 0 Å². The van der Waals surface area contributed by atoms with Gasteiger partial charge in [-0.1, -0.05) is 41.4 Å². The van der Waals surface area contributed by atoms with Gasteiger partial charge >= 0.3 is 5.97 Å². The van der Waals surface area contributed by atoms with E-state index in [9.17, 15) is 14.7 Å². The maximum Gasteiger partial charge on any atom is 0.339 e. The first-order valence-electron chi connectivity index (χ1n) is 7.13. The number of benzene rings is 2. The van der Waals surface area contributed by atoms with Crippen LogP contribution in [0.25, 0.3) is 11.1 Å². The molecule has 3 aromatic rings. The van der Waals surface area contributed by atoms with Crippen molar-refractivity contribution in [3.63, 3.8) is 0 Å². The Bertz CT molecular complexity index is 951. The molecule has 25 heavy (non-hydrogen) atoms. The molecule has 1 aromatic heterocycles. The lowest BCUT2D eigenvalue weighted by atomic mass is 10.0. The number of halogens is 2. The Morgan fingerprint density at radius 2 is 1.72 bits per heavy atom. The van der Waals surface area contributed by atoms with Crippen molar-refractivity contribution in [3.05, 3.63) is 75.1 Å². The highest BCUT2D eigenvalue weighted by Crippen LogP contribution is 2.36. The van der Waals surface area contributed by atoms with Crippen LogP contribution in [0, 0.1) is 0 Å². The van der Waals surface area contributed by atoms with Crippen LogP contribution in [0.3, 0.4) is 0 Å². The number of anilines is 1. The number of carbonyl (C=O) groups is 2. The Morgan fingerprint density at radius 1 is 1.00 bits per heavy atom. The number of aromatic carboxylic acids is 1. The third kappa shape index (κ3) is 3.85. The van der Waals surface area contributed by atoms with Gasteiger partial charge in [0.1, 0.15) is 10.6 Å². The first-order chi connectivity index (χ1) is 12.0. The number of amides is 1. The number of rotatable bonds is 4. The summed E-state index contributed by atoms with van der Waals surface area (Å²) in [5.41, 5.74) is 1.63. The van der Waals surface area contributed by atoms with E-state index in [-0.39, 0.29) is 10.6 Å². The van der Waals surface area contributed by atoms with E-state index in [0.717, 1.165) is 11.3 Å². The molecular weight excluding hydrogens is 381 g/mol. The fourth-order valence-electron chi connectivity index (χ4n) is 2.31. The van der Waals surface area contributed by atoms with Gasteiger partial charge in [-0.3, -0.25) is 4.79 Å². The van der Waals surface area contributed by atoms with E-state index in [2.05, 4.69) is 5.32 Å². The van der Waals surface area contributed by atoms with Crippen LogP contribution in [0.5, 0.6) is 0 Å². The van der Waals surface area contributed by atoms with Gasteiger partial charge in [0.2, 0.25) is 0 Å². The molecule has 4 nitrogen and oxygen atoms in total. The lowest BCUT2D eigenvalue weighted by Gasteiger charge is -2.06. The van der Waals surface area contributed by atoms with E-state index >= 15 is 0 Å². The zero-order valence-electron chi connectivity index (χ0n) is 12.6. The summed E-state index contributed by atoms with van der Waals surface area (Å²) < 4.78 is 0.